The molecule has 1 aromatic carbocycles. The van der Waals surface area contributed by atoms with Gasteiger partial charge < -0.3 is 10.1 Å². The Balaban J connectivity index is 2.18. The molecule has 0 spiro atoms. The molecule has 1 N–H and O–H groups in total. The van der Waals surface area contributed by atoms with E-state index >= 15 is 0 Å². The highest BCUT2D eigenvalue weighted by molar-refractivity contribution is 6.33. The number of aromatic nitrogens is 3. The molecule has 0 saturated carbocycles. The molecule has 0 saturated heterocycles. The molecule has 2 aromatic heterocycles. The van der Waals surface area contributed by atoms with Gasteiger partial charge in [-0.3, -0.25) is 9.36 Å². The molecule has 0 bridgehead atoms. The number of aryl methyl sites for hydroxylation is 1. The van der Waals surface area contributed by atoms with Crippen LogP contribution in [0.15, 0.2) is 30.5 Å². The second kappa shape index (κ2) is 6.72. The van der Waals surface area contributed by atoms with E-state index in [1.807, 2.05) is 37.5 Å². The molecule has 1 amide bonds. The van der Waals surface area contributed by atoms with Gasteiger partial charge in [-0.1, -0.05) is 11.6 Å². The van der Waals surface area contributed by atoms with E-state index in [1.165, 1.54) is 7.11 Å². The van der Waals surface area contributed by atoms with Gasteiger partial charge in [0.15, 0.2) is 5.65 Å². The Morgan fingerprint density at radius 2 is 2.12 bits per heavy atom. The summed E-state index contributed by atoms with van der Waals surface area (Å²) in [4.78, 5) is 21.3. The zero-order valence-electron chi connectivity index (χ0n) is 14.5. The maximum atomic E-state index is 12.4. The lowest BCUT2D eigenvalue weighted by Gasteiger charge is -2.15. The summed E-state index contributed by atoms with van der Waals surface area (Å²) in [5, 5.41) is 3.27. The van der Waals surface area contributed by atoms with E-state index in [1.54, 1.807) is 18.3 Å². The number of rotatable bonds is 4. The van der Waals surface area contributed by atoms with Gasteiger partial charge in [-0.2, -0.15) is 0 Å². The summed E-state index contributed by atoms with van der Waals surface area (Å²) in [5.41, 5.74) is 2.53. The van der Waals surface area contributed by atoms with Crippen LogP contribution in [0.2, 0.25) is 5.02 Å². The Kier molecular flexibility index (Phi) is 4.63. The highest BCUT2D eigenvalue weighted by Crippen LogP contribution is 2.32. The molecule has 7 heteroatoms. The number of imidazole rings is 1. The van der Waals surface area contributed by atoms with Crippen LogP contribution in [-0.4, -0.2) is 33.6 Å². The van der Waals surface area contributed by atoms with Gasteiger partial charge in [-0.25, -0.2) is 9.97 Å². The fraction of sp³-hybridized carbons (Fsp3) is 0.278. The van der Waals surface area contributed by atoms with E-state index < -0.39 is 0 Å². The number of methoxy groups -OCH3 is 1. The molecule has 0 unspecified atom stereocenters. The first kappa shape index (κ1) is 17.2. The summed E-state index contributed by atoms with van der Waals surface area (Å²) in [6.07, 6.45) is 1.70. The van der Waals surface area contributed by atoms with Crippen LogP contribution in [0.1, 0.15) is 30.0 Å². The fourth-order valence-corrected chi connectivity index (χ4v) is 2.96. The van der Waals surface area contributed by atoms with Crippen molar-refractivity contribution < 1.29 is 9.53 Å². The number of amides is 1. The molecule has 3 rings (SSSR count). The van der Waals surface area contributed by atoms with Crippen LogP contribution in [0.4, 0.5) is 0 Å². The van der Waals surface area contributed by atoms with Crippen molar-refractivity contribution in [1.82, 2.24) is 19.9 Å². The number of ether oxygens (including phenoxy) is 1. The summed E-state index contributed by atoms with van der Waals surface area (Å²) in [5.74, 6) is 0.956. The van der Waals surface area contributed by atoms with E-state index in [9.17, 15) is 4.79 Å². The van der Waals surface area contributed by atoms with Crippen molar-refractivity contribution in [2.75, 3.05) is 7.11 Å². The number of hydrogen-bond donors (Lipinski definition) is 1. The summed E-state index contributed by atoms with van der Waals surface area (Å²) >= 11 is 6.49. The number of pyridine rings is 1. The SMILES string of the molecule is COc1cc(-n2c(C)nc3cccnc32)c(Cl)cc1C(=O)NC(C)C. The minimum absolute atomic E-state index is 0.0136. The molecule has 0 aliphatic heterocycles. The summed E-state index contributed by atoms with van der Waals surface area (Å²) < 4.78 is 7.27. The van der Waals surface area contributed by atoms with Crippen LogP contribution >= 0.6 is 11.6 Å². The predicted molar refractivity (Wildman–Crippen MR) is 97.8 cm³/mol. The smallest absolute Gasteiger partial charge is 0.255 e. The van der Waals surface area contributed by atoms with Crippen LogP contribution in [0.25, 0.3) is 16.9 Å². The highest BCUT2D eigenvalue weighted by Gasteiger charge is 2.20. The Morgan fingerprint density at radius 1 is 1.36 bits per heavy atom. The molecule has 0 aliphatic rings. The lowest BCUT2D eigenvalue weighted by molar-refractivity contribution is 0.0940. The van der Waals surface area contributed by atoms with Crippen molar-refractivity contribution in [2.45, 2.75) is 26.8 Å². The van der Waals surface area contributed by atoms with E-state index in [0.29, 0.717) is 27.7 Å². The summed E-state index contributed by atoms with van der Waals surface area (Å²) in [6, 6.07) is 7.09. The minimum atomic E-state index is -0.231. The average molecular weight is 359 g/mol. The van der Waals surface area contributed by atoms with E-state index in [4.69, 9.17) is 16.3 Å². The van der Waals surface area contributed by atoms with Gasteiger partial charge >= 0.3 is 0 Å². The van der Waals surface area contributed by atoms with Crippen molar-refractivity contribution in [2.24, 2.45) is 0 Å². The van der Waals surface area contributed by atoms with Crippen LogP contribution in [0.3, 0.4) is 0 Å². The van der Waals surface area contributed by atoms with Gasteiger partial charge in [-0.05, 0) is 39.0 Å². The molecule has 0 aliphatic carbocycles. The molecular formula is C18H19ClN4O2. The number of hydrogen-bond acceptors (Lipinski definition) is 4. The van der Waals surface area contributed by atoms with Crippen molar-refractivity contribution in [3.8, 4) is 11.4 Å². The second-order valence-electron chi connectivity index (χ2n) is 5.97. The number of nitrogens with zero attached hydrogens (tertiary/aromatic N) is 3. The molecule has 25 heavy (non-hydrogen) atoms. The third-order valence-corrected chi connectivity index (χ3v) is 4.06. The van der Waals surface area contributed by atoms with Crippen molar-refractivity contribution in [3.05, 3.63) is 46.9 Å². The van der Waals surface area contributed by atoms with Gasteiger partial charge in [-0.15, -0.1) is 0 Å². The first-order chi connectivity index (χ1) is 11.9. The molecule has 0 atom stereocenters. The largest absolute Gasteiger partial charge is 0.496 e. The standard InChI is InChI=1S/C18H19ClN4O2/c1-10(2)21-18(24)12-8-13(19)15(9-16(12)25-4)23-11(3)22-14-6-5-7-20-17(14)23/h5-10H,1-4H3,(H,21,24). The van der Waals surface area contributed by atoms with Gasteiger partial charge in [0.1, 0.15) is 17.1 Å². The zero-order chi connectivity index (χ0) is 18.1. The maximum absolute atomic E-state index is 12.4. The number of carbonyl (C=O) groups excluding carboxylic acids is 1. The van der Waals surface area contributed by atoms with Crippen LogP contribution in [0.5, 0.6) is 5.75 Å². The first-order valence-electron chi connectivity index (χ1n) is 7.91. The second-order valence-corrected chi connectivity index (χ2v) is 6.38. The first-order valence-corrected chi connectivity index (χ1v) is 8.29. The van der Waals surface area contributed by atoms with Gasteiger partial charge in [0.25, 0.3) is 5.91 Å². The van der Waals surface area contributed by atoms with Gasteiger partial charge in [0.2, 0.25) is 0 Å². The Labute approximate surface area is 150 Å². The molecule has 130 valence electrons. The summed E-state index contributed by atoms with van der Waals surface area (Å²) in [7, 11) is 1.52. The molecule has 2 heterocycles. The molecule has 6 nitrogen and oxygen atoms in total. The van der Waals surface area contributed by atoms with Crippen LogP contribution < -0.4 is 10.1 Å². The third kappa shape index (κ3) is 3.17. The zero-order valence-corrected chi connectivity index (χ0v) is 15.3. The normalized spacial score (nSPS) is 11.1. The lowest BCUT2D eigenvalue weighted by Crippen LogP contribution is -2.30. The molecular weight excluding hydrogens is 340 g/mol. The highest BCUT2D eigenvalue weighted by atomic mass is 35.5. The molecule has 0 fully saturated rings. The number of nitrogens with one attached hydrogen (secondary N) is 1. The Morgan fingerprint density at radius 3 is 2.80 bits per heavy atom. The molecule has 0 radical (unpaired) electrons. The third-order valence-electron chi connectivity index (χ3n) is 3.76. The van der Waals surface area contributed by atoms with E-state index in [0.717, 1.165) is 11.3 Å². The lowest BCUT2D eigenvalue weighted by atomic mass is 10.1. The quantitative estimate of drug-likeness (QED) is 0.774. The van der Waals surface area contributed by atoms with Crippen LogP contribution in [-0.2, 0) is 0 Å². The van der Waals surface area contributed by atoms with Crippen molar-refractivity contribution in [3.63, 3.8) is 0 Å². The fourth-order valence-electron chi connectivity index (χ4n) is 2.71. The Hall–Kier alpha value is -2.60. The van der Waals surface area contributed by atoms with Crippen molar-refractivity contribution >= 4 is 28.7 Å². The summed E-state index contributed by atoms with van der Waals surface area (Å²) in [6.45, 7) is 5.67. The topological polar surface area (TPSA) is 69.0 Å². The maximum Gasteiger partial charge on any atom is 0.255 e. The number of carbonyl (C=O) groups is 1. The van der Waals surface area contributed by atoms with Crippen LogP contribution in [0, 0.1) is 6.92 Å². The monoisotopic (exact) mass is 358 g/mol. The van der Waals surface area contributed by atoms with Gasteiger partial charge in [0.05, 0.1) is 23.4 Å². The number of fused-ring (bicyclic) bond motifs is 1. The van der Waals surface area contributed by atoms with Crippen molar-refractivity contribution in [1.29, 1.82) is 0 Å². The predicted octanol–water partition coefficient (Wildman–Crippen LogP) is 3.53. The molecule has 3 aromatic rings. The number of halogens is 1. The Bertz CT molecular complexity index is 950. The minimum Gasteiger partial charge on any atom is -0.496 e. The average Bonchev–Trinajstić information content (AvgIpc) is 2.89. The van der Waals surface area contributed by atoms with E-state index in [2.05, 4.69) is 15.3 Å². The van der Waals surface area contributed by atoms with Gasteiger partial charge in [0, 0.05) is 18.3 Å². The van der Waals surface area contributed by atoms with E-state index in [-0.39, 0.29) is 11.9 Å². The number of benzene rings is 1.